The Balaban J connectivity index is 1.99. The smallest absolute Gasteiger partial charge is 0.229 e. The molecule has 1 saturated carbocycles. The third kappa shape index (κ3) is 4.20. The minimum Gasteiger partial charge on any atom is -0.354 e. The molecule has 1 aliphatic rings. The molecule has 1 aromatic rings. The maximum absolute atomic E-state index is 5.91. The standard InChI is InChI=1S/C13H22ClN5/c1-4-15-11-17-10(14)18-12(19-11)16-9-5-7-13(2,3)8-6-9/h9H,4-8H2,1-3H3,(H2,15,16,17,18,19). The molecule has 0 spiro atoms. The van der Waals surface area contributed by atoms with Crippen molar-refractivity contribution in [3.63, 3.8) is 0 Å². The Morgan fingerprint density at radius 2 is 1.79 bits per heavy atom. The Kier molecular flexibility index (Phi) is 4.45. The predicted molar refractivity (Wildman–Crippen MR) is 78.7 cm³/mol. The van der Waals surface area contributed by atoms with Gasteiger partial charge >= 0.3 is 0 Å². The van der Waals surface area contributed by atoms with E-state index in [-0.39, 0.29) is 5.28 Å². The number of rotatable bonds is 4. The summed E-state index contributed by atoms with van der Waals surface area (Å²) < 4.78 is 0. The fourth-order valence-electron chi connectivity index (χ4n) is 2.38. The molecule has 0 bridgehead atoms. The van der Waals surface area contributed by atoms with Gasteiger partial charge in [-0.05, 0) is 49.6 Å². The lowest BCUT2D eigenvalue weighted by Gasteiger charge is -2.34. The molecule has 1 aliphatic carbocycles. The van der Waals surface area contributed by atoms with Gasteiger partial charge in [-0.1, -0.05) is 13.8 Å². The van der Waals surface area contributed by atoms with Crippen LogP contribution >= 0.6 is 11.6 Å². The molecule has 0 atom stereocenters. The van der Waals surface area contributed by atoms with E-state index in [4.69, 9.17) is 11.6 Å². The second-order valence-electron chi connectivity index (χ2n) is 5.86. The summed E-state index contributed by atoms with van der Waals surface area (Å²) in [5, 5.41) is 6.65. The summed E-state index contributed by atoms with van der Waals surface area (Å²) >= 11 is 5.91. The van der Waals surface area contributed by atoms with Crippen LogP contribution in [0, 0.1) is 5.41 Å². The molecule has 0 aliphatic heterocycles. The van der Waals surface area contributed by atoms with E-state index in [0.29, 0.717) is 23.4 Å². The quantitative estimate of drug-likeness (QED) is 0.887. The van der Waals surface area contributed by atoms with Crippen LogP contribution in [0.25, 0.3) is 0 Å². The fourth-order valence-corrected chi connectivity index (χ4v) is 2.54. The van der Waals surface area contributed by atoms with E-state index in [0.717, 1.165) is 19.4 Å². The van der Waals surface area contributed by atoms with Gasteiger partial charge in [-0.25, -0.2) is 0 Å². The summed E-state index contributed by atoms with van der Waals surface area (Å²) in [7, 11) is 0. The number of halogens is 1. The van der Waals surface area contributed by atoms with Crippen LogP contribution < -0.4 is 10.6 Å². The molecule has 0 aromatic carbocycles. The van der Waals surface area contributed by atoms with E-state index in [2.05, 4.69) is 39.4 Å². The van der Waals surface area contributed by atoms with Crippen LogP contribution in [0.1, 0.15) is 46.5 Å². The lowest BCUT2D eigenvalue weighted by atomic mass is 9.76. The molecule has 19 heavy (non-hydrogen) atoms. The van der Waals surface area contributed by atoms with E-state index < -0.39 is 0 Å². The second-order valence-corrected chi connectivity index (χ2v) is 6.20. The van der Waals surface area contributed by atoms with Gasteiger partial charge in [0.25, 0.3) is 0 Å². The van der Waals surface area contributed by atoms with E-state index in [1.165, 1.54) is 12.8 Å². The third-order valence-corrected chi connectivity index (χ3v) is 3.78. The van der Waals surface area contributed by atoms with Crippen molar-refractivity contribution < 1.29 is 0 Å². The summed E-state index contributed by atoms with van der Waals surface area (Å²) in [6, 6.07) is 0.431. The van der Waals surface area contributed by atoms with Crippen molar-refractivity contribution in [1.29, 1.82) is 0 Å². The summed E-state index contributed by atoms with van der Waals surface area (Å²) in [4.78, 5) is 12.5. The average Bonchev–Trinajstić information content (AvgIpc) is 2.32. The molecule has 1 heterocycles. The predicted octanol–water partition coefficient (Wildman–Crippen LogP) is 3.34. The Morgan fingerprint density at radius 1 is 1.16 bits per heavy atom. The molecule has 106 valence electrons. The normalized spacial score (nSPS) is 19.2. The second kappa shape index (κ2) is 5.90. The van der Waals surface area contributed by atoms with Crippen molar-refractivity contribution in [2.24, 2.45) is 5.41 Å². The van der Waals surface area contributed by atoms with E-state index in [1.54, 1.807) is 0 Å². The molecular weight excluding hydrogens is 262 g/mol. The van der Waals surface area contributed by atoms with Gasteiger partial charge in [-0.15, -0.1) is 0 Å². The zero-order chi connectivity index (χ0) is 13.9. The van der Waals surface area contributed by atoms with Gasteiger partial charge in [0.2, 0.25) is 17.2 Å². The van der Waals surface area contributed by atoms with Crippen LogP contribution in [0.4, 0.5) is 11.9 Å². The maximum Gasteiger partial charge on any atom is 0.229 e. The number of hydrogen-bond acceptors (Lipinski definition) is 5. The Bertz CT molecular complexity index is 425. The first-order valence-corrected chi connectivity index (χ1v) is 7.28. The van der Waals surface area contributed by atoms with Crippen LogP contribution in [0.15, 0.2) is 0 Å². The summed E-state index contributed by atoms with van der Waals surface area (Å²) in [6.45, 7) is 7.41. The highest BCUT2D eigenvalue weighted by molar-refractivity contribution is 6.28. The molecule has 0 radical (unpaired) electrons. The number of nitrogens with one attached hydrogen (secondary N) is 2. The molecule has 6 heteroatoms. The highest BCUT2D eigenvalue weighted by Crippen LogP contribution is 2.35. The number of aromatic nitrogens is 3. The van der Waals surface area contributed by atoms with Crippen LogP contribution in [-0.4, -0.2) is 27.5 Å². The molecule has 1 fully saturated rings. The first-order chi connectivity index (χ1) is 8.98. The van der Waals surface area contributed by atoms with Gasteiger partial charge in [0.05, 0.1) is 0 Å². The zero-order valence-corrected chi connectivity index (χ0v) is 12.6. The van der Waals surface area contributed by atoms with Crippen molar-refractivity contribution >= 4 is 23.5 Å². The highest BCUT2D eigenvalue weighted by atomic mass is 35.5. The Morgan fingerprint density at radius 3 is 2.42 bits per heavy atom. The molecule has 5 nitrogen and oxygen atoms in total. The SMILES string of the molecule is CCNc1nc(Cl)nc(NC2CCC(C)(C)CC2)n1. The van der Waals surface area contributed by atoms with Gasteiger partial charge < -0.3 is 10.6 Å². The summed E-state index contributed by atoms with van der Waals surface area (Å²) in [5.41, 5.74) is 0.462. The molecule has 1 aromatic heterocycles. The van der Waals surface area contributed by atoms with Crippen molar-refractivity contribution in [1.82, 2.24) is 15.0 Å². The van der Waals surface area contributed by atoms with Crippen molar-refractivity contribution in [2.75, 3.05) is 17.2 Å². The molecule has 2 rings (SSSR count). The molecule has 2 N–H and O–H groups in total. The molecule has 0 amide bonds. The Labute approximate surface area is 119 Å². The van der Waals surface area contributed by atoms with Crippen LogP contribution in [0.5, 0.6) is 0 Å². The van der Waals surface area contributed by atoms with Crippen LogP contribution in [-0.2, 0) is 0 Å². The fraction of sp³-hybridized carbons (Fsp3) is 0.769. The molecule has 0 unspecified atom stereocenters. The number of nitrogens with zero attached hydrogens (tertiary/aromatic N) is 3. The van der Waals surface area contributed by atoms with Gasteiger partial charge in [-0.3, -0.25) is 0 Å². The van der Waals surface area contributed by atoms with Crippen molar-refractivity contribution in [2.45, 2.75) is 52.5 Å². The molecule has 0 saturated heterocycles. The zero-order valence-electron chi connectivity index (χ0n) is 11.8. The third-order valence-electron chi connectivity index (χ3n) is 3.62. The van der Waals surface area contributed by atoms with E-state index in [1.807, 2.05) is 6.92 Å². The van der Waals surface area contributed by atoms with E-state index in [9.17, 15) is 0 Å². The number of anilines is 2. The molecular formula is C13H22ClN5. The topological polar surface area (TPSA) is 62.7 Å². The van der Waals surface area contributed by atoms with Gasteiger partial charge in [-0.2, -0.15) is 15.0 Å². The van der Waals surface area contributed by atoms with Gasteiger partial charge in [0.1, 0.15) is 0 Å². The van der Waals surface area contributed by atoms with Crippen LogP contribution in [0.3, 0.4) is 0 Å². The minimum absolute atomic E-state index is 0.226. The summed E-state index contributed by atoms with van der Waals surface area (Å²) in [5.74, 6) is 1.10. The van der Waals surface area contributed by atoms with Crippen molar-refractivity contribution in [3.05, 3.63) is 5.28 Å². The number of hydrogen-bond donors (Lipinski definition) is 2. The van der Waals surface area contributed by atoms with Crippen molar-refractivity contribution in [3.8, 4) is 0 Å². The lowest BCUT2D eigenvalue weighted by molar-refractivity contribution is 0.232. The minimum atomic E-state index is 0.226. The highest BCUT2D eigenvalue weighted by Gasteiger charge is 2.27. The first kappa shape index (κ1) is 14.3. The van der Waals surface area contributed by atoms with Gasteiger partial charge in [0, 0.05) is 12.6 Å². The first-order valence-electron chi connectivity index (χ1n) is 6.90. The monoisotopic (exact) mass is 283 g/mol. The Hall–Kier alpha value is -1.10. The van der Waals surface area contributed by atoms with Gasteiger partial charge in [0.15, 0.2) is 0 Å². The van der Waals surface area contributed by atoms with E-state index >= 15 is 0 Å². The summed E-state index contributed by atoms with van der Waals surface area (Å²) in [6.07, 6.45) is 4.74. The lowest BCUT2D eigenvalue weighted by Crippen LogP contribution is -2.30. The van der Waals surface area contributed by atoms with Crippen LogP contribution in [0.2, 0.25) is 5.28 Å². The maximum atomic E-state index is 5.91. The largest absolute Gasteiger partial charge is 0.354 e. The average molecular weight is 284 g/mol.